The van der Waals surface area contributed by atoms with Gasteiger partial charge in [-0.1, -0.05) is 13.8 Å². The predicted octanol–water partition coefficient (Wildman–Crippen LogP) is 0.901. The van der Waals surface area contributed by atoms with Crippen LogP contribution < -0.4 is 11.1 Å². The molecule has 0 bridgehead atoms. The Balaban J connectivity index is 2.31. The van der Waals surface area contributed by atoms with Crippen LogP contribution in [0.25, 0.3) is 0 Å². The fourth-order valence-corrected chi connectivity index (χ4v) is 2.01. The number of rotatable bonds is 5. The van der Waals surface area contributed by atoms with Crippen LogP contribution >= 0.6 is 0 Å². The zero-order valence-electron chi connectivity index (χ0n) is 10.5. The molecule has 0 aliphatic carbocycles. The molecule has 0 radical (unpaired) electrons. The van der Waals surface area contributed by atoms with Crippen molar-refractivity contribution in [1.82, 2.24) is 5.32 Å². The van der Waals surface area contributed by atoms with Crippen molar-refractivity contribution in [2.24, 2.45) is 17.6 Å². The Hall–Kier alpha value is -0.610. The van der Waals surface area contributed by atoms with E-state index in [2.05, 4.69) is 12.2 Å². The molecule has 1 aliphatic heterocycles. The second-order valence-corrected chi connectivity index (χ2v) is 4.76. The summed E-state index contributed by atoms with van der Waals surface area (Å²) in [6.07, 6.45) is 2.38. The summed E-state index contributed by atoms with van der Waals surface area (Å²) >= 11 is 0. The van der Waals surface area contributed by atoms with Gasteiger partial charge in [0, 0.05) is 31.0 Å². The molecular weight excluding hydrogens is 204 g/mol. The molecule has 3 N–H and O–H groups in total. The first-order chi connectivity index (χ1) is 7.56. The SMILES string of the molecule is CCC1OCCC1CNC(=O)C(C)C(C)N. The molecule has 1 saturated heterocycles. The van der Waals surface area contributed by atoms with Gasteiger partial charge in [-0.2, -0.15) is 0 Å². The number of carbonyl (C=O) groups excluding carboxylic acids is 1. The largest absolute Gasteiger partial charge is 0.378 e. The minimum atomic E-state index is -0.123. The maximum absolute atomic E-state index is 11.7. The molecule has 4 heteroatoms. The number of hydrogen-bond donors (Lipinski definition) is 2. The van der Waals surface area contributed by atoms with Crippen LogP contribution in [0.3, 0.4) is 0 Å². The predicted molar refractivity (Wildman–Crippen MR) is 64.0 cm³/mol. The fraction of sp³-hybridized carbons (Fsp3) is 0.917. The Morgan fingerprint density at radius 2 is 2.25 bits per heavy atom. The van der Waals surface area contributed by atoms with Crippen LogP contribution in [-0.4, -0.2) is 31.2 Å². The molecule has 0 spiro atoms. The first kappa shape index (κ1) is 13.5. The maximum Gasteiger partial charge on any atom is 0.224 e. The Morgan fingerprint density at radius 1 is 1.56 bits per heavy atom. The second kappa shape index (κ2) is 6.21. The number of nitrogens with one attached hydrogen (secondary N) is 1. The van der Waals surface area contributed by atoms with Gasteiger partial charge in [0.05, 0.1) is 6.10 Å². The highest BCUT2D eigenvalue weighted by Gasteiger charge is 2.27. The van der Waals surface area contributed by atoms with Gasteiger partial charge in [0.2, 0.25) is 5.91 Å². The van der Waals surface area contributed by atoms with Crippen molar-refractivity contribution in [2.75, 3.05) is 13.2 Å². The third-order valence-electron chi connectivity index (χ3n) is 3.49. The lowest BCUT2D eigenvalue weighted by Gasteiger charge is -2.20. The van der Waals surface area contributed by atoms with E-state index in [9.17, 15) is 4.79 Å². The third kappa shape index (κ3) is 3.46. The maximum atomic E-state index is 11.7. The van der Waals surface area contributed by atoms with Crippen molar-refractivity contribution in [2.45, 2.75) is 45.8 Å². The molecule has 1 amide bonds. The van der Waals surface area contributed by atoms with E-state index in [-0.39, 0.29) is 17.9 Å². The van der Waals surface area contributed by atoms with Crippen LogP contribution in [0.2, 0.25) is 0 Å². The van der Waals surface area contributed by atoms with Crippen molar-refractivity contribution in [1.29, 1.82) is 0 Å². The molecule has 0 saturated carbocycles. The summed E-state index contributed by atoms with van der Waals surface area (Å²) in [7, 11) is 0. The van der Waals surface area contributed by atoms with Crippen molar-refractivity contribution in [3.63, 3.8) is 0 Å². The highest BCUT2D eigenvalue weighted by molar-refractivity contribution is 5.78. The average Bonchev–Trinajstić information content (AvgIpc) is 2.71. The fourth-order valence-electron chi connectivity index (χ4n) is 2.01. The topological polar surface area (TPSA) is 64.3 Å². The number of nitrogens with two attached hydrogens (primary N) is 1. The number of ether oxygens (including phenoxy) is 1. The van der Waals surface area contributed by atoms with Crippen LogP contribution in [0.15, 0.2) is 0 Å². The van der Waals surface area contributed by atoms with E-state index in [1.165, 1.54) is 0 Å². The average molecular weight is 228 g/mol. The molecule has 4 atom stereocenters. The molecular formula is C12H24N2O2. The normalized spacial score (nSPS) is 28.8. The Bertz CT molecular complexity index is 231. The lowest BCUT2D eigenvalue weighted by Crippen LogP contribution is -2.41. The van der Waals surface area contributed by atoms with Crippen LogP contribution in [0, 0.1) is 11.8 Å². The van der Waals surface area contributed by atoms with Gasteiger partial charge in [0.15, 0.2) is 0 Å². The molecule has 4 unspecified atom stereocenters. The molecule has 1 fully saturated rings. The second-order valence-electron chi connectivity index (χ2n) is 4.76. The zero-order valence-corrected chi connectivity index (χ0v) is 10.5. The third-order valence-corrected chi connectivity index (χ3v) is 3.49. The van der Waals surface area contributed by atoms with Gasteiger partial charge in [0.25, 0.3) is 0 Å². The van der Waals surface area contributed by atoms with Gasteiger partial charge < -0.3 is 15.8 Å². The molecule has 0 aromatic carbocycles. The molecule has 4 nitrogen and oxygen atoms in total. The molecule has 0 aromatic heterocycles. The van der Waals surface area contributed by atoms with E-state index >= 15 is 0 Å². The summed E-state index contributed by atoms with van der Waals surface area (Å²) < 4.78 is 5.58. The lowest BCUT2D eigenvalue weighted by molar-refractivity contribution is -0.125. The summed E-state index contributed by atoms with van der Waals surface area (Å²) in [6.45, 7) is 7.38. The first-order valence-electron chi connectivity index (χ1n) is 6.21. The highest BCUT2D eigenvalue weighted by Crippen LogP contribution is 2.22. The number of carbonyl (C=O) groups is 1. The minimum Gasteiger partial charge on any atom is -0.378 e. The van der Waals surface area contributed by atoms with Crippen LogP contribution in [0.5, 0.6) is 0 Å². The van der Waals surface area contributed by atoms with Gasteiger partial charge >= 0.3 is 0 Å². The van der Waals surface area contributed by atoms with Gasteiger partial charge in [-0.05, 0) is 19.8 Å². The van der Waals surface area contributed by atoms with Crippen molar-refractivity contribution < 1.29 is 9.53 Å². The highest BCUT2D eigenvalue weighted by atomic mass is 16.5. The van der Waals surface area contributed by atoms with Crippen LogP contribution in [0.1, 0.15) is 33.6 Å². The standard InChI is InChI=1S/C12H24N2O2/c1-4-11-10(5-6-16-11)7-14-12(15)8(2)9(3)13/h8-11H,4-7,13H2,1-3H3,(H,14,15). The van der Waals surface area contributed by atoms with E-state index in [0.717, 1.165) is 19.4 Å². The molecule has 0 aromatic rings. The molecule has 1 heterocycles. The Morgan fingerprint density at radius 3 is 2.81 bits per heavy atom. The van der Waals surface area contributed by atoms with E-state index in [0.29, 0.717) is 18.6 Å². The summed E-state index contributed by atoms with van der Waals surface area (Å²) in [4.78, 5) is 11.7. The van der Waals surface area contributed by atoms with E-state index in [1.807, 2.05) is 13.8 Å². The summed E-state index contributed by atoms with van der Waals surface area (Å²) in [5, 5.41) is 2.97. The zero-order chi connectivity index (χ0) is 12.1. The van der Waals surface area contributed by atoms with Crippen LogP contribution in [-0.2, 0) is 9.53 Å². The summed E-state index contributed by atoms with van der Waals surface area (Å²) in [5.74, 6) is 0.397. The number of hydrogen-bond acceptors (Lipinski definition) is 3. The van der Waals surface area contributed by atoms with E-state index in [1.54, 1.807) is 0 Å². The van der Waals surface area contributed by atoms with Gasteiger partial charge in [-0.15, -0.1) is 0 Å². The minimum absolute atomic E-state index is 0.0525. The number of amides is 1. The molecule has 16 heavy (non-hydrogen) atoms. The van der Waals surface area contributed by atoms with Crippen molar-refractivity contribution in [3.05, 3.63) is 0 Å². The lowest BCUT2D eigenvalue weighted by atomic mass is 9.98. The van der Waals surface area contributed by atoms with Crippen molar-refractivity contribution >= 4 is 5.91 Å². The molecule has 1 aliphatic rings. The summed E-state index contributed by atoms with van der Waals surface area (Å²) in [5.41, 5.74) is 5.69. The molecule has 94 valence electrons. The Labute approximate surface area is 97.9 Å². The van der Waals surface area contributed by atoms with E-state index < -0.39 is 0 Å². The summed E-state index contributed by atoms with van der Waals surface area (Å²) in [6, 6.07) is -0.0956. The quantitative estimate of drug-likeness (QED) is 0.735. The van der Waals surface area contributed by atoms with Crippen molar-refractivity contribution in [3.8, 4) is 0 Å². The molecule has 1 rings (SSSR count). The van der Waals surface area contributed by atoms with Gasteiger partial charge in [-0.25, -0.2) is 0 Å². The Kier molecular flexibility index (Phi) is 5.22. The van der Waals surface area contributed by atoms with Gasteiger partial charge in [0.1, 0.15) is 0 Å². The van der Waals surface area contributed by atoms with E-state index in [4.69, 9.17) is 10.5 Å². The first-order valence-corrected chi connectivity index (χ1v) is 6.21. The smallest absolute Gasteiger partial charge is 0.224 e. The monoisotopic (exact) mass is 228 g/mol. The van der Waals surface area contributed by atoms with Gasteiger partial charge in [-0.3, -0.25) is 4.79 Å². The van der Waals surface area contributed by atoms with Crippen LogP contribution in [0.4, 0.5) is 0 Å².